The monoisotopic (exact) mass is 291 g/mol. The summed E-state index contributed by atoms with van der Waals surface area (Å²) in [5.74, 6) is -0.136. The van der Waals surface area contributed by atoms with Gasteiger partial charge in [-0.05, 0) is 58.2 Å². The zero-order chi connectivity index (χ0) is 15.6. The predicted molar refractivity (Wildman–Crippen MR) is 81.5 cm³/mol. The quantitative estimate of drug-likeness (QED) is 0.662. The molecule has 1 unspecified atom stereocenters. The highest BCUT2D eigenvalue weighted by molar-refractivity contribution is 5.98. The number of carbonyl (C=O) groups excluding carboxylic acids is 1. The Morgan fingerprint density at radius 1 is 1.33 bits per heavy atom. The summed E-state index contributed by atoms with van der Waals surface area (Å²) < 4.78 is 0. The molecule has 114 valence electrons. The maximum Gasteiger partial charge on any atom is 0.274 e. The molecule has 0 saturated carbocycles. The number of piperidine rings is 1. The molecule has 0 aromatic heterocycles. The number of hydrogen-bond acceptors (Lipinski definition) is 4. The average molecular weight is 291 g/mol. The van der Waals surface area contributed by atoms with Gasteiger partial charge in [0, 0.05) is 11.6 Å². The Morgan fingerprint density at radius 2 is 2.05 bits per heavy atom. The Hall–Kier alpha value is -1.95. The number of nitro groups is 1. The van der Waals surface area contributed by atoms with Crippen LogP contribution in [0, 0.1) is 24.0 Å². The SMILES string of the molecule is Cc1cc(C)c([N+](=O)[O-])cc1NC(=O)C1(C)CCCCN1. The van der Waals surface area contributed by atoms with Crippen molar-refractivity contribution in [2.24, 2.45) is 0 Å². The fourth-order valence-electron chi connectivity index (χ4n) is 2.68. The molecule has 1 atom stereocenters. The van der Waals surface area contributed by atoms with E-state index in [0.717, 1.165) is 31.4 Å². The van der Waals surface area contributed by atoms with Crippen molar-refractivity contribution < 1.29 is 9.72 Å². The van der Waals surface area contributed by atoms with Gasteiger partial charge in [0.1, 0.15) is 0 Å². The van der Waals surface area contributed by atoms with Crippen LogP contribution in [0.4, 0.5) is 11.4 Å². The van der Waals surface area contributed by atoms with Crippen LogP contribution in [0.5, 0.6) is 0 Å². The standard InChI is InChI=1S/C15H21N3O3/c1-10-8-11(2)13(18(20)21)9-12(10)17-14(19)15(3)6-4-5-7-16-15/h8-9,16H,4-7H2,1-3H3,(H,17,19). The van der Waals surface area contributed by atoms with Crippen LogP contribution in [0.1, 0.15) is 37.3 Å². The van der Waals surface area contributed by atoms with Gasteiger partial charge >= 0.3 is 0 Å². The third-order valence-corrected chi connectivity index (χ3v) is 4.11. The Balaban J connectivity index is 2.24. The van der Waals surface area contributed by atoms with E-state index < -0.39 is 10.5 Å². The van der Waals surface area contributed by atoms with E-state index in [2.05, 4.69) is 10.6 Å². The van der Waals surface area contributed by atoms with E-state index in [0.29, 0.717) is 11.3 Å². The van der Waals surface area contributed by atoms with Crippen molar-refractivity contribution in [3.8, 4) is 0 Å². The molecule has 0 spiro atoms. The number of nitrogens with one attached hydrogen (secondary N) is 2. The van der Waals surface area contributed by atoms with Crippen LogP contribution in [0.2, 0.25) is 0 Å². The van der Waals surface area contributed by atoms with Gasteiger partial charge < -0.3 is 10.6 Å². The number of hydrogen-bond donors (Lipinski definition) is 2. The number of nitro benzene ring substituents is 1. The average Bonchev–Trinajstić information content (AvgIpc) is 2.42. The van der Waals surface area contributed by atoms with Crippen molar-refractivity contribution >= 4 is 17.3 Å². The summed E-state index contributed by atoms with van der Waals surface area (Å²) >= 11 is 0. The molecule has 1 saturated heterocycles. The van der Waals surface area contributed by atoms with Crippen LogP contribution in [0.3, 0.4) is 0 Å². The zero-order valence-corrected chi connectivity index (χ0v) is 12.7. The van der Waals surface area contributed by atoms with E-state index in [9.17, 15) is 14.9 Å². The van der Waals surface area contributed by atoms with Crippen LogP contribution in [0.25, 0.3) is 0 Å². The number of aryl methyl sites for hydroxylation is 2. The van der Waals surface area contributed by atoms with Crippen LogP contribution < -0.4 is 10.6 Å². The molecule has 6 nitrogen and oxygen atoms in total. The molecular weight excluding hydrogens is 270 g/mol. The summed E-state index contributed by atoms with van der Waals surface area (Å²) in [6.45, 7) is 6.22. The van der Waals surface area contributed by atoms with Crippen molar-refractivity contribution in [1.82, 2.24) is 5.32 Å². The van der Waals surface area contributed by atoms with Gasteiger partial charge in [-0.2, -0.15) is 0 Å². The van der Waals surface area contributed by atoms with Crippen LogP contribution in [-0.2, 0) is 4.79 Å². The molecule has 1 aromatic carbocycles. The van der Waals surface area contributed by atoms with Crippen molar-refractivity contribution in [3.05, 3.63) is 33.4 Å². The number of amides is 1. The number of nitrogens with zero attached hydrogens (tertiary/aromatic N) is 1. The second-order valence-corrected chi connectivity index (χ2v) is 5.88. The summed E-state index contributed by atoms with van der Waals surface area (Å²) in [7, 11) is 0. The third kappa shape index (κ3) is 3.21. The molecule has 2 N–H and O–H groups in total. The van der Waals surface area contributed by atoms with Crippen molar-refractivity contribution in [1.29, 1.82) is 0 Å². The van der Waals surface area contributed by atoms with Gasteiger partial charge in [-0.15, -0.1) is 0 Å². The van der Waals surface area contributed by atoms with Crippen molar-refractivity contribution in [2.75, 3.05) is 11.9 Å². The first kappa shape index (κ1) is 15.4. The molecule has 21 heavy (non-hydrogen) atoms. The molecule has 1 aliphatic heterocycles. The number of rotatable bonds is 3. The molecule has 1 fully saturated rings. The van der Waals surface area contributed by atoms with E-state index in [4.69, 9.17) is 0 Å². The fraction of sp³-hybridized carbons (Fsp3) is 0.533. The summed E-state index contributed by atoms with van der Waals surface area (Å²) in [5, 5.41) is 17.1. The molecule has 1 aromatic rings. The second-order valence-electron chi connectivity index (χ2n) is 5.88. The molecule has 6 heteroatoms. The molecule has 1 aliphatic rings. The first-order chi connectivity index (χ1) is 9.83. The maximum absolute atomic E-state index is 12.5. The Morgan fingerprint density at radius 3 is 2.62 bits per heavy atom. The maximum atomic E-state index is 12.5. The highest BCUT2D eigenvalue weighted by Gasteiger charge is 2.34. The minimum absolute atomic E-state index is 0.0256. The minimum Gasteiger partial charge on any atom is -0.324 e. The lowest BCUT2D eigenvalue weighted by Gasteiger charge is -2.33. The van der Waals surface area contributed by atoms with Gasteiger partial charge in [0.05, 0.1) is 16.1 Å². The van der Waals surface area contributed by atoms with Gasteiger partial charge in [-0.25, -0.2) is 0 Å². The summed E-state index contributed by atoms with van der Waals surface area (Å²) in [6.07, 6.45) is 2.84. The molecule has 1 heterocycles. The van der Waals surface area contributed by atoms with Gasteiger partial charge in [0.2, 0.25) is 5.91 Å². The first-order valence-corrected chi connectivity index (χ1v) is 7.15. The highest BCUT2D eigenvalue weighted by Crippen LogP contribution is 2.28. The van der Waals surface area contributed by atoms with E-state index >= 15 is 0 Å². The van der Waals surface area contributed by atoms with Gasteiger partial charge in [0.15, 0.2) is 0 Å². The topological polar surface area (TPSA) is 84.3 Å². The van der Waals surface area contributed by atoms with Gasteiger partial charge in [-0.3, -0.25) is 14.9 Å². The Labute approximate surface area is 124 Å². The summed E-state index contributed by atoms with van der Waals surface area (Å²) in [5.41, 5.74) is 1.34. The van der Waals surface area contributed by atoms with E-state index in [1.54, 1.807) is 13.0 Å². The first-order valence-electron chi connectivity index (χ1n) is 7.15. The number of anilines is 1. The second kappa shape index (κ2) is 5.81. The molecule has 2 rings (SSSR count). The molecule has 0 aliphatic carbocycles. The predicted octanol–water partition coefficient (Wildman–Crippen LogP) is 2.68. The lowest BCUT2D eigenvalue weighted by atomic mass is 9.90. The Kier molecular flexibility index (Phi) is 4.27. The normalized spacial score (nSPS) is 21.9. The summed E-state index contributed by atoms with van der Waals surface area (Å²) in [6, 6.07) is 3.17. The number of carbonyl (C=O) groups is 1. The lowest BCUT2D eigenvalue weighted by molar-refractivity contribution is -0.385. The van der Waals surface area contributed by atoms with Crippen molar-refractivity contribution in [3.63, 3.8) is 0 Å². The number of benzene rings is 1. The van der Waals surface area contributed by atoms with E-state index in [-0.39, 0.29) is 11.6 Å². The smallest absolute Gasteiger partial charge is 0.274 e. The Bertz CT molecular complexity index is 578. The molecule has 0 radical (unpaired) electrons. The largest absolute Gasteiger partial charge is 0.324 e. The molecule has 0 bridgehead atoms. The zero-order valence-electron chi connectivity index (χ0n) is 12.7. The molecular formula is C15H21N3O3. The third-order valence-electron chi connectivity index (χ3n) is 4.11. The van der Waals surface area contributed by atoms with Crippen LogP contribution in [0.15, 0.2) is 12.1 Å². The van der Waals surface area contributed by atoms with E-state index in [1.807, 2.05) is 13.8 Å². The van der Waals surface area contributed by atoms with Gasteiger partial charge in [-0.1, -0.05) is 0 Å². The van der Waals surface area contributed by atoms with Gasteiger partial charge in [0.25, 0.3) is 5.69 Å². The fourth-order valence-corrected chi connectivity index (χ4v) is 2.68. The van der Waals surface area contributed by atoms with Crippen molar-refractivity contribution in [2.45, 2.75) is 45.6 Å². The minimum atomic E-state index is -0.607. The summed E-state index contributed by atoms with van der Waals surface area (Å²) in [4.78, 5) is 23.1. The molecule has 1 amide bonds. The highest BCUT2D eigenvalue weighted by atomic mass is 16.6. The van der Waals surface area contributed by atoms with Crippen LogP contribution >= 0.6 is 0 Å². The van der Waals surface area contributed by atoms with Crippen LogP contribution in [-0.4, -0.2) is 22.9 Å². The lowest BCUT2D eigenvalue weighted by Crippen LogP contribution is -2.54. The van der Waals surface area contributed by atoms with E-state index in [1.165, 1.54) is 6.07 Å².